The van der Waals surface area contributed by atoms with Crippen LogP contribution in [0.15, 0.2) is 36.5 Å². The highest BCUT2D eigenvalue weighted by Crippen LogP contribution is 2.16. The van der Waals surface area contributed by atoms with Crippen LogP contribution in [0.2, 0.25) is 0 Å². The van der Waals surface area contributed by atoms with E-state index in [4.69, 9.17) is 4.74 Å². The van der Waals surface area contributed by atoms with Crippen molar-refractivity contribution in [2.24, 2.45) is 0 Å². The second-order valence-electron chi connectivity index (χ2n) is 20.0. The van der Waals surface area contributed by atoms with Crippen LogP contribution in [0.5, 0.6) is 0 Å². The molecule has 2 unspecified atom stereocenters. The highest BCUT2D eigenvalue weighted by Gasteiger charge is 2.18. The summed E-state index contributed by atoms with van der Waals surface area (Å²) in [5.74, 6) is -0.0899. The Kier molecular flexibility index (Phi) is 54.1. The zero-order valence-corrected chi connectivity index (χ0v) is 44.2. The molecule has 0 rings (SSSR count). The number of unbranched alkanes of at least 4 members (excludes halogenated alkanes) is 39. The number of allylic oxidation sites excluding steroid dienone is 5. The minimum absolute atomic E-state index is 0.0108. The maximum Gasteiger partial charge on any atom is 0.305 e. The number of esters is 1. The standard InChI is InChI=1S/C60H113NO5/c1-3-5-7-9-11-13-15-17-19-21-25-28-32-36-40-44-48-52-58(63)57(56-62)61-59(64)53-49-45-41-37-33-29-26-22-20-23-27-31-35-39-43-47-51-55-66-60(65)54-50-46-42-38-34-30-24-18-16-14-12-10-8-6-4-2/h18,20,23-24,48,52,57-58,62-63H,3-17,19,21-22,25-47,49-51,53-56H2,1-2H3,(H,61,64)/b23-20-,24-18-,52-48+. The summed E-state index contributed by atoms with van der Waals surface area (Å²) < 4.78 is 5.47. The van der Waals surface area contributed by atoms with Crippen LogP contribution in [0, 0.1) is 0 Å². The quantitative estimate of drug-likeness (QED) is 0.0321. The van der Waals surface area contributed by atoms with Gasteiger partial charge < -0.3 is 20.3 Å². The third kappa shape index (κ3) is 51.5. The molecule has 0 aromatic carbocycles. The van der Waals surface area contributed by atoms with Gasteiger partial charge in [-0.2, -0.15) is 0 Å². The minimum atomic E-state index is -0.853. The molecule has 0 aromatic heterocycles. The average Bonchev–Trinajstić information content (AvgIpc) is 3.32. The van der Waals surface area contributed by atoms with E-state index >= 15 is 0 Å². The van der Waals surface area contributed by atoms with Crippen molar-refractivity contribution >= 4 is 11.9 Å². The molecule has 6 nitrogen and oxygen atoms in total. The van der Waals surface area contributed by atoms with Gasteiger partial charge in [-0.25, -0.2) is 0 Å². The Morgan fingerprint density at radius 2 is 0.712 bits per heavy atom. The highest BCUT2D eigenvalue weighted by atomic mass is 16.5. The fraction of sp³-hybridized carbons (Fsp3) is 0.867. The van der Waals surface area contributed by atoms with Crippen molar-refractivity contribution in [1.29, 1.82) is 0 Å². The van der Waals surface area contributed by atoms with E-state index in [1.807, 2.05) is 6.08 Å². The molecule has 0 spiro atoms. The number of carbonyl (C=O) groups is 2. The van der Waals surface area contributed by atoms with Gasteiger partial charge in [0.15, 0.2) is 0 Å². The maximum absolute atomic E-state index is 12.5. The van der Waals surface area contributed by atoms with Gasteiger partial charge >= 0.3 is 5.97 Å². The molecule has 6 heteroatoms. The van der Waals surface area contributed by atoms with Gasteiger partial charge in [-0.15, -0.1) is 0 Å². The molecule has 0 fully saturated rings. The molecular formula is C60H113NO5. The van der Waals surface area contributed by atoms with Crippen molar-refractivity contribution in [3.63, 3.8) is 0 Å². The number of nitrogens with one attached hydrogen (secondary N) is 1. The van der Waals surface area contributed by atoms with Gasteiger partial charge in [0.2, 0.25) is 5.91 Å². The molecule has 0 heterocycles. The molecule has 1 amide bonds. The third-order valence-corrected chi connectivity index (χ3v) is 13.4. The fourth-order valence-corrected chi connectivity index (χ4v) is 8.86. The van der Waals surface area contributed by atoms with Gasteiger partial charge in [0.1, 0.15) is 0 Å². The summed E-state index contributed by atoms with van der Waals surface area (Å²) in [6.07, 6.45) is 68.7. The van der Waals surface area contributed by atoms with E-state index in [9.17, 15) is 19.8 Å². The SMILES string of the molecule is CCCCCCCC/C=C\CCCCCCCC(=O)OCCCCCCCC/C=C\CCCCCCCCCC(=O)NC(CO)C(O)/C=C/CCCCCCCCCCCCCCCCC. The number of hydrogen-bond donors (Lipinski definition) is 3. The van der Waals surface area contributed by atoms with E-state index in [1.54, 1.807) is 6.08 Å². The summed E-state index contributed by atoms with van der Waals surface area (Å²) in [7, 11) is 0. The fourth-order valence-electron chi connectivity index (χ4n) is 8.86. The topological polar surface area (TPSA) is 95.9 Å². The molecule has 0 saturated carbocycles. The first-order valence-corrected chi connectivity index (χ1v) is 29.3. The van der Waals surface area contributed by atoms with Gasteiger partial charge in [0.05, 0.1) is 25.4 Å². The Bertz CT molecular complexity index is 1070. The number of rotatable bonds is 54. The lowest BCUT2D eigenvalue weighted by Gasteiger charge is -2.20. The van der Waals surface area contributed by atoms with Crippen LogP contribution in [0.25, 0.3) is 0 Å². The monoisotopic (exact) mass is 928 g/mol. The van der Waals surface area contributed by atoms with Crippen molar-refractivity contribution in [2.45, 2.75) is 321 Å². The van der Waals surface area contributed by atoms with Crippen LogP contribution in [0.4, 0.5) is 0 Å². The van der Waals surface area contributed by atoms with E-state index in [-0.39, 0.29) is 18.5 Å². The van der Waals surface area contributed by atoms with Crippen LogP contribution < -0.4 is 5.32 Å². The number of aliphatic hydroxyl groups is 2. The molecule has 0 aliphatic carbocycles. The van der Waals surface area contributed by atoms with Gasteiger partial charge in [-0.05, 0) is 83.5 Å². The lowest BCUT2D eigenvalue weighted by atomic mass is 10.0. The van der Waals surface area contributed by atoms with Gasteiger partial charge in [0.25, 0.3) is 0 Å². The molecule has 388 valence electrons. The van der Waals surface area contributed by atoms with Gasteiger partial charge in [-0.3, -0.25) is 9.59 Å². The van der Waals surface area contributed by atoms with Crippen molar-refractivity contribution in [1.82, 2.24) is 5.32 Å². The van der Waals surface area contributed by atoms with Crippen molar-refractivity contribution in [3.05, 3.63) is 36.5 Å². The van der Waals surface area contributed by atoms with E-state index in [0.717, 1.165) is 57.8 Å². The third-order valence-electron chi connectivity index (χ3n) is 13.4. The number of hydrogen-bond acceptors (Lipinski definition) is 5. The zero-order valence-electron chi connectivity index (χ0n) is 44.2. The molecule has 0 bridgehead atoms. The molecule has 2 atom stereocenters. The number of ether oxygens (including phenoxy) is 1. The summed E-state index contributed by atoms with van der Waals surface area (Å²) in [6.45, 7) is 4.88. The van der Waals surface area contributed by atoms with E-state index < -0.39 is 12.1 Å². The predicted molar refractivity (Wildman–Crippen MR) is 287 cm³/mol. The zero-order chi connectivity index (χ0) is 47.9. The van der Waals surface area contributed by atoms with Crippen molar-refractivity contribution < 1.29 is 24.5 Å². The lowest BCUT2D eigenvalue weighted by molar-refractivity contribution is -0.143. The Labute approximate surface area is 411 Å². The highest BCUT2D eigenvalue weighted by molar-refractivity contribution is 5.76. The van der Waals surface area contributed by atoms with Crippen LogP contribution in [-0.2, 0) is 14.3 Å². The maximum atomic E-state index is 12.5. The molecule has 0 aliphatic rings. The molecule has 0 radical (unpaired) electrons. The van der Waals surface area contributed by atoms with E-state index in [0.29, 0.717) is 19.4 Å². The molecule has 66 heavy (non-hydrogen) atoms. The number of amides is 1. The van der Waals surface area contributed by atoms with Crippen molar-refractivity contribution in [3.8, 4) is 0 Å². The second kappa shape index (κ2) is 55.7. The van der Waals surface area contributed by atoms with Crippen LogP contribution >= 0.6 is 0 Å². The molecule has 0 aliphatic heterocycles. The Morgan fingerprint density at radius 3 is 1.08 bits per heavy atom. The second-order valence-corrected chi connectivity index (χ2v) is 20.0. The Morgan fingerprint density at radius 1 is 0.409 bits per heavy atom. The molecule has 0 saturated heterocycles. The first kappa shape index (κ1) is 64.1. The van der Waals surface area contributed by atoms with E-state index in [1.165, 1.54) is 225 Å². The number of aliphatic hydroxyl groups excluding tert-OH is 2. The summed E-state index contributed by atoms with van der Waals surface area (Å²) >= 11 is 0. The largest absolute Gasteiger partial charge is 0.466 e. The van der Waals surface area contributed by atoms with Crippen molar-refractivity contribution in [2.75, 3.05) is 13.2 Å². The summed E-state index contributed by atoms with van der Waals surface area (Å²) in [5.41, 5.74) is 0. The Hall–Kier alpha value is -1.92. The Balaban J connectivity index is 3.49. The lowest BCUT2D eigenvalue weighted by Crippen LogP contribution is -2.45. The molecular weight excluding hydrogens is 815 g/mol. The van der Waals surface area contributed by atoms with E-state index in [2.05, 4.69) is 43.5 Å². The van der Waals surface area contributed by atoms with Crippen LogP contribution in [0.1, 0.15) is 309 Å². The van der Waals surface area contributed by atoms with Gasteiger partial charge in [-0.1, -0.05) is 249 Å². The smallest absolute Gasteiger partial charge is 0.305 e. The number of carbonyl (C=O) groups excluding carboxylic acids is 2. The average molecular weight is 929 g/mol. The first-order valence-electron chi connectivity index (χ1n) is 29.3. The summed E-state index contributed by atoms with van der Waals surface area (Å²) in [5, 5.41) is 23.1. The summed E-state index contributed by atoms with van der Waals surface area (Å²) in [6, 6.07) is -0.637. The van der Waals surface area contributed by atoms with Crippen LogP contribution in [-0.4, -0.2) is 47.4 Å². The molecule has 3 N–H and O–H groups in total. The summed E-state index contributed by atoms with van der Waals surface area (Å²) in [4.78, 5) is 24.5. The minimum Gasteiger partial charge on any atom is -0.466 e. The van der Waals surface area contributed by atoms with Gasteiger partial charge in [0, 0.05) is 12.8 Å². The molecule has 0 aromatic rings. The first-order chi connectivity index (χ1) is 32.5. The normalized spacial score (nSPS) is 12.8. The van der Waals surface area contributed by atoms with Crippen LogP contribution in [0.3, 0.4) is 0 Å². The predicted octanol–water partition coefficient (Wildman–Crippen LogP) is 18.0.